The third-order valence-electron chi connectivity index (χ3n) is 4.69. The molecule has 1 saturated carbocycles. The Labute approximate surface area is 155 Å². The van der Waals surface area contributed by atoms with Crippen LogP contribution >= 0.6 is 0 Å². The number of fused-ring (bicyclic) bond motifs is 1. The molecule has 1 aliphatic rings. The van der Waals surface area contributed by atoms with E-state index in [-0.39, 0.29) is 0 Å². The molecule has 0 bridgehead atoms. The summed E-state index contributed by atoms with van der Waals surface area (Å²) in [4.78, 5) is 17.2. The van der Waals surface area contributed by atoms with Gasteiger partial charge in [-0.15, -0.1) is 0 Å². The minimum atomic E-state index is -1.19. The average molecular weight is 370 g/mol. The van der Waals surface area contributed by atoms with E-state index in [4.69, 9.17) is 10.7 Å². The van der Waals surface area contributed by atoms with Crippen LogP contribution in [0, 0.1) is 12.8 Å². The van der Waals surface area contributed by atoms with Crippen LogP contribution < -0.4 is 5.73 Å². The smallest absolute Gasteiger partial charge is 0.342 e. The first kappa shape index (κ1) is 17.2. The maximum absolute atomic E-state index is 12.4. The van der Waals surface area contributed by atoms with Gasteiger partial charge in [0.05, 0.1) is 5.52 Å². The number of nitrogens with zero attached hydrogens (tertiary/aromatic N) is 5. The van der Waals surface area contributed by atoms with Crippen molar-refractivity contribution in [1.82, 2.24) is 24.5 Å². The largest absolute Gasteiger partial charge is 0.609 e. The summed E-state index contributed by atoms with van der Waals surface area (Å²) in [7, 11) is 0. The summed E-state index contributed by atoms with van der Waals surface area (Å²) in [5.74, 6) is 2.79. The molecule has 0 amide bonds. The molecule has 8 heteroatoms. The third-order valence-corrected chi connectivity index (χ3v) is 5.96. The fraction of sp³-hybridized carbons (Fsp3) is 0.444. The second kappa shape index (κ2) is 7.20. The predicted octanol–water partition coefficient (Wildman–Crippen LogP) is 2.26. The second-order valence-electron chi connectivity index (χ2n) is 6.79. The van der Waals surface area contributed by atoms with Crippen molar-refractivity contribution in [2.45, 2.75) is 44.3 Å². The molecular weight excluding hydrogens is 348 g/mol. The zero-order valence-corrected chi connectivity index (χ0v) is 15.6. The molecule has 1 aliphatic carbocycles. The topological polar surface area (TPSA) is 106 Å². The van der Waals surface area contributed by atoms with Crippen molar-refractivity contribution in [3.05, 3.63) is 36.0 Å². The van der Waals surface area contributed by atoms with E-state index < -0.39 is 11.2 Å². The normalized spacial score (nSPS) is 15.5. The van der Waals surface area contributed by atoms with Crippen molar-refractivity contribution in [3.63, 3.8) is 0 Å². The van der Waals surface area contributed by atoms with E-state index in [0.29, 0.717) is 16.7 Å². The minimum Gasteiger partial charge on any atom is -0.609 e. The molecule has 7 nitrogen and oxygen atoms in total. The van der Waals surface area contributed by atoms with Gasteiger partial charge in [-0.2, -0.15) is 9.97 Å². The number of imidazole rings is 1. The van der Waals surface area contributed by atoms with Gasteiger partial charge in [0.2, 0.25) is 0 Å². The van der Waals surface area contributed by atoms with Crippen LogP contribution in [0.25, 0.3) is 11.0 Å². The number of hydrogen-bond donors (Lipinski definition) is 1. The summed E-state index contributed by atoms with van der Waals surface area (Å²) in [5.41, 5.74) is 8.96. The maximum Gasteiger partial charge on any atom is 0.342 e. The summed E-state index contributed by atoms with van der Waals surface area (Å²) < 4.78 is 14.6. The first-order valence-corrected chi connectivity index (χ1v) is 10.2. The number of nitrogens with two attached hydrogens (primary N) is 1. The Morgan fingerprint density at radius 2 is 2.04 bits per heavy atom. The highest BCUT2D eigenvalue weighted by molar-refractivity contribution is 7.91. The van der Waals surface area contributed by atoms with E-state index in [2.05, 4.69) is 19.5 Å². The molecule has 1 unspecified atom stereocenters. The Balaban J connectivity index is 1.55. The maximum atomic E-state index is 12.4. The van der Waals surface area contributed by atoms with Gasteiger partial charge < -0.3 is 14.9 Å². The summed E-state index contributed by atoms with van der Waals surface area (Å²) >= 11 is -1.19. The van der Waals surface area contributed by atoms with Crippen molar-refractivity contribution in [1.29, 1.82) is 0 Å². The van der Waals surface area contributed by atoms with Crippen LogP contribution in [0.1, 0.15) is 30.7 Å². The quantitative estimate of drug-likeness (QED) is 0.505. The van der Waals surface area contributed by atoms with Gasteiger partial charge >= 0.3 is 5.16 Å². The predicted molar refractivity (Wildman–Crippen MR) is 101 cm³/mol. The van der Waals surface area contributed by atoms with E-state index in [1.807, 2.05) is 6.92 Å². The zero-order valence-electron chi connectivity index (χ0n) is 14.8. The molecule has 0 saturated heterocycles. The molecule has 0 spiro atoms. The van der Waals surface area contributed by atoms with Crippen molar-refractivity contribution in [2.24, 2.45) is 5.92 Å². The summed E-state index contributed by atoms with van der Waals surface area (Å²) in [6.45, 7) is 2.78. The molecule has 0 aromatic carbocycles. The first-order chi connectivity index (χ1) is 12.6. The van der Waals surface area contributed by atoms with Gasteiger partial charge in [-0.1, -0.05) is 0 Å². The first-order valence-electron chi connectivity index (χ1n) is 8.89. The standard InChI is InChI=1S/C18H22N6OS/c1-12-11-22-17(19)15-16(12)24(14(23-15)10-13-4-5-13)8-3-9-26(25)18-20-6-2-7-21-18/h2,6-7,11,13H,3-5,8-10H2,1H3,(H2,19,22). The Morgan fingerprint density at radius 1 is 1.27 bits per heavy atom. The summed E-state index contributed by atoms with van der Waals surface area (Å²) in [6, 6.07) is 1.73. The van der Waals surface area contributed by atoms with Crippen molar-refractivity contribution < 1.29 is 4.55 Å². The lowest BCUT2D eigenvalue weighted by atomic mass is 10.2. The highest BCUT2D eigenvalue weighted by atomic mass is 32.2. The lowest BCUT2D eigenvalue weighted by Gasteiger charge is -2.12. The number of hydrogen-bond acceptors (Lipinski definition) is 6. The molecule has 26 heavy (non-hydrogen) atoms. The fourth-order valence-corrected chi connectivity index (χ4v) is 4.12. The number of pyridine rings is 1. The van der Waals surface area contributed by atoms with E-state index in [1.54, 1.807) is 24.7 Å². The van der Waals surface area contributed by atoms with Gasteiger partial charge in [0.25, 0.3) is 0 Å². The van der Waals surface area contributed by atoms with Gasteiger partial charge in [0, 0.05) is 49.2 Å². The van der Waals surface area contributed by atoms with Crippen LogP contribution in [0.5, 0.6) is 0 Å². The van der Waals surface area contributed by atoms with E-state index >= 15 is 0 Å². The third kappa shape index (κ3) is 3.52. The number of anilines is 1. The van der Waals surface area contributed by atoms with Crippen LogP contribution in [-0.2, 0) is 24.1 Å². The van der Waals surface area contributed by atoms with Crippen molar-refractivity contribution in [3.8, 4) is 0 Å². The van der Waals surface area contributed by atoms with Gasteiger partial charge in [-0.05, 0) is 37.3 Å². The summed E-state index contributed by atoms with van der Waals surface area (Å²) in [5, 5.41) is 0.394. The van der Waals surface area contributed by atoms with E-state index in [0.717, 1.165) is 47.7 Å². The fourth-order valence-electron chi connectivity index (χ4n) is 3.19. The average Bonchev–Trinajstić information content (AvgIpc) is 3.39. The molecule has 1 atom stereocenters. The molecule has 136 valence electrons. The molecule has 0 radical (unpaired) electrons. The monoisotopic (exact) mass is 370 g/mol. The second-order valence-corrected chi connectivity index (χ2v) is 8.25. The van der Waals surface area contributed by atoms with Crippen LogP contribution in [0.2, 0.25) is 0 Å². The number of rotatable bonds is 7. The highest BCUT2D eigenvalue weighted by Crippen LogP contribution is 2.34. The van der Waals surface area contributed by atoms with Gasteiger partial charge in [-0.3, -0.25) is 0 Å². The van der Waals surface area contributed by atoms with E-state index in [9.17, 15) is 4.55 Å². The Morgan fingerprint density at radius 3 is 2.77 bits per heavy atom. The Hall–Kier alpha value is -2.19. The molecule has 1 fully saturated rings. The Bertz CT molecular complexity index is 909. The zero-order chi connectivity index (χ0) is 18.1. The SMILES string of the molecule is Cc1cnc(N)c2nc(CC3CC3)n(CCC[S+]([O-])c3ncccn3)c12. The lowest BCUT2D eigenvalue weighted by Crippen LogP contribution is -2.14. The van der Waals surface area contributed by atoms with Crippen molar-refractivity contribution >= 4 is 28.0 Å². The van der Waals surface area contributed by atoms with Crippen LogP contribution in [0.3, 0.4) is 0 Å². The van der Waals surface area contributed by atoms with Gasteiger partial charge in [0.1, 0.15) is 17.1 Å². The van der Waals surface area contributed by atoms with Crippen molar-refractivity contribution in [2.75, 3.05) is 11.5 Å². The number of aromatic nitrogens is 5. The van der Waals surface area contributed by atoms with E-state index in [1.165, 1.54) is 12.8 Å². The van der Waals surface area contributed by atoms with Crippen LogP contribution in [-0.4, -0.2) is 34.8 Å². The van der Waals surface area contributed by atoms with Crippen LogP contribution in [0.4, 0.5) is 5.82 Å². The number of aryl methyl sites for hydroxylation is 2. The van der Waals surface area contributed by atoms with Gasteiger partial charge in [0.15, 0.2) is 5.82 Å². The molecular formula is C18H22N6OS. The molecule has 4 rings (SSSR count). The molecule has 3 aromatic rings. The lowest BCUT2D eigenvalue weighted by molar-refractivity contribution is 0.574. The molecule has 3 heterocycles. The summed E-state index contributed by atoms with van der Waals surface area (Å²) in [6.07, 6.45) is 9.31. The molecule has 2 N–H and O–H groups in total. The Kier molecular flexibility index (Phi) is 4.78. The van der Waals surface area contributed by atoms with Gasteiger partial charge in [-0.25, -0.2) is 9.97 Å². The highest BCUT2D eigenvalue weighted by Gasteiger charge is 2.26. The van der Waals surface area contributed by atoms with Crippen LogP contribution in [0.15, 0.2) is 29.8 Å². The molecule has 0 aliphatic heterocycles. The molecule has 3 aromatic heterocycles. The number of nitrogen functional groups attached to an aromatic ring is 1. The minimum absolute atomic E-state index is 0.394.